The number of thiazole rings is 1. The molecule has 0 fully saturated rings. The second-order valence-corrected chi connectivity index (χ2v) is 11.6. The van der Waals surface area contributed by atoms with Gasteiger partial charge in [0, 0.05) is 27.6 Å². The highest BCUT2D eigenvalue weighted by Gasteiger charge is 2.19. The van der Waals surface area contributed by atoms with Crippen molar-refractivity contribution in [2.75, 3.05) is 28.6 Å². The van der Waals surface area contributed by atoms with Crippen molar-refractivity contribution in [3.8, 4) is 11.3 Å². The number of rotatable bonds is 9. The van der Waals surface area contributed by atoms with Crippen molar-refractivity contribution in [3.05, 3.63) is 59.0 Å². The molecule has 0 bridgehead atoms. The van der Waals surface area contributed by atoms with Crippen LogP contribution in [0.1, 0.15) is 29.7 Å². The van der Waals surface area contributed by atoms with E-state index in [1.165, 1.54) is 21.6 Å². The molecule has 0 atom stereocenters. The number of nitrogens with zero attached hydrogens (tertiary/aromatic N) is 1. The fourth-order valence-electron chi connectivity index (χ4n) is 3.70. The van der Waals surface area contributed by atoms with E-state index in [0.29, 0.717) is 5.69 Å². The van der Waals surface area contributed by atoms with Gasteiger partial charge in [0.1, 0.15) is 0 Å². The first-order valence-corrected chi connectivity index (χ1v) is 14.2. The average molecular weight is 474 g/mol. The van der Waals surface area contributed by atoms with Crippen LogP contribution in [0, 0.1) is 0 Å². The molecule has 5 nitrogen and oxygen atoms in total. The Labute approximate surface area is 192 Å². The molecule has 2 heterocycles. The fraction of sp³-hybridized carbons (Fsp3) is 0.348. The van der Waals surface area contributed by atoms with Crippen molar-refractivity contribution in [1.82, 2.24) is 4.98 Å². The van der Waals surface area contributed by atoms with Gasteiger partial charge in [-0.25, -0.2) is 13.4 Å². The highest BCUT2D eigenvalue weighted by Crippen LogP contribution is 2.40. The van der Waals surface area contributed by atoms with E-state index in [-0.39, 0.29) is 0 Å². The third-order valence-electron chi connectivity index (χ3n) is 5.14. The Balaban J connectivity index is 1.26. The number of aromatic nitrogens is 1. The van der Waals surface area contributed by atoms with Crippen LogP contribution in [-0.2, 0) is 22.9 Å². The summed E-state index contributed by atoms with van der Waals surface area (Å²) in [5.41, 5.74) is 4.13. The number of hydrogen-bond acceptors (Lipinski definition) is 6. The molecule has 0 amide bonds. The molecule has 0 unspecified atom stereocenters. The second kappa shape index (κ2) is 10.1. The molecule has 0 spiro atoms. The summed E-state index contributed by atoms with van der Waals surface area (Å²) in [6, 6.07) is 16.2. The number of benzene rings is 2. The van der Waals surface area contributed by atoms with E-state index in [4.69, 9.17) is 4.98 Å². The van der Waals surface area contributed by atoms with Gasteiger partial charge >= 0.3 is 0 Å². The van der Waals surface area contributed by atoms with Crippen molar-refractivity contribution in [1.29, 1.82) is 0 Å². The quantitative estimate of drug-likeness (QED) is 0.393. The molecule has 3 aromatic rings. The van der Waals surface area contributed by atoms with Gasteiger partial charge in [-0.05, 0) is 43.4 Å². The Kier molecular flexibility index (Phi) is 7.20. The Morgan fingerprint density at radius 1 is 1.03 bits per heavy atom. The maximum atomic E-state index is 11.5. The van der Waals surface area contributed by atoms with Crippen LogP contribution in [0.4, 0.5) is 10.8 Å². The summed E-state index contributed by atoms with van der Waals surface area (Å²) in [5, 5.41) is 4.51. The summed E-state index contributed by atoms with van der Waals surface area (Å²) in [4.78, 5) is 7.59. The zero-order valence-electron chi connectivity index (χ0n) is 17.6. The van der Waals surface area contributed by atoms with Gasteiger partial charge in [-0.2, -0.15) is 0 Å². The van der Waals surface area contributed by atoms with Gasteiger partial charge in [0.25, 0.3) is 0 Å². The molecule has 164 valence electrons. The summed E-state index contributed by atoms with van der Waals surface area (Å²) in [5.74, 6) is 1.10. The largest absolute Gasteiger partial charge is 0.361 e. The minimum atomic E-state index is -3.26. The minimum Gasteiger partial charge on any atom is -0.361 e. The van der Waals surface area contributed by atoms with Crippen LogP contribution in [0.25, 0.3) is 11.3 Å². The normalized spacial score (nSPS) is 13.2. The van der Waals surface area contributed by atoms with E-state index in [0.717, 1.165) is 60.8 Å². The van der Waals surface area contributed by atoms with Crippen molar-refractivity contribution in [2.24, 2.45) is 0 Å². The van der Waals surface area contributed by atoms with E-state index >= 15 is 0 Å². The van der Waals surface area contributed by atoms with Gasteiger partial charge in [0.05, 0.1) is 17.6 Å². The smallest absolute Gasteiger partial charge is 0.229 e. The number of hydrogen-bond donors (Lipinski definition) is 2. The molecule has 2 N–H and O–H groups in total. The monoisotopic (exact) mass is 473 g/mol. The molecule has 0 saturated heterocycles. The predicted octanol–water partition coefficient (Wildman–Crippen LogP) is 5.65. The summed E-state index contributed by atoms with van der Waals surface area (Å²) >= 11 is 3.69. The first kappa shape index (κ1) is 22.2. The first-order chi connectivity index (χ1) is 15.0. The zero-order valence-corrected chi connectivity index (χ0v) is 20.0. The summed E-state index contributed by atoms with van der Waals surface area (Å²) < 4.78 is 25.7. The van der Waals surface area contributed by atoms with Crippen molar-refractivity contribution >= 4 is 43.9 Å². The second-order valence-electron chi connectivity index (χ2n) is 7.65. The zero-order chi connectivity index (χ0) is 21.7. The van der Waals surface area contributed by atoms with Crippen LogP contribution in [0.5, 0.6) is 0 Å². The lowest BCUT2D eigenvalue weighted by Gasteiger charge is -2.10. The van der Waals surface area contributed by atoms with Crippen molar-refractivity contribution in [2.45, 2.75) is 37.0 Å². The van der Waals surface area contributed by atoms with Gasteiger partial charge in [-0.15, -0.1) is 23.1 Å². The van der Waals surface area contributed by atoms with E-state index in [9.17, 15) is 8.42 Å². The van der Waals surface area contributed by atoms with E-state index in [1.54, 1.807) is 11.3 Å². The number of para-hydroxylation sites is 1. The van der Waals surface area contributed by atoms with Crippen LogP contribution in [0.2, 0.25) is 0 Å². The molecule has 4 rings (SSSR count). The summed E-state index contributed by atoms with van der Waals surface area (Å²) in [6.45, 7) is 0.895. The number of anilines is 2. The number of nitrogens with one attached hydrogen (secondary N) is 2. The molecular formula is C23H27N3O2S3. The average Bonchev–Trinajstić information content (AvgIpc) is 3.05. The maximum Gasteiger partial charge on any atom is 0.229 e. The van der Waals surface area contributed by atoms with Crippen LogP contribution in [0.3, 0.4) is 0 Å². The van der Waals surface area contributed by atoms with E-state index in [2.05, 4.69) is 34.3 Å². The number of aryl methyl sites for hydroxylation is 2. The Morgan fingerprint density at radius 2 is 1.84 bits per heavy atom. The van der Waals surface area contributed by atoms with Gasteiger partial charge in [-0.1, -0.05) is 42.8 Å². The van der Waals surface area contributed by atoms with Crippen LogP contribution in [-0.4, -0.2) is 32.0 Å². The lowest BCUT2D eigenvalue weighted by atomic mass is 10.1. The summed E-state index contributed by atoms with van der Waals surface area (Å²) in [6.07, 6.45) is 6.25. The molecule has 8 heteroatoms. The van der Waals surface area contributed by atoms with Gasteiger partial charge < -0.3 is 5.32 Å². The molecule has 31 heavy (non-hydrogen) atoms. The molecule has 1 aliphatic rings. The molecule has 2 aromatic carbocycles. The fourth-order valence-corrected chi connectivity index (χ4v) is 6.45. The van der Waals surface area contributed by atoms with Crippen LogP contribution < -0.4 is 10.0 Å². The third kappa shape index (κ3) is 6.02. The molecule has 0 saturated carbocycles. The SMILES string of the molecule is CS(=O)(=O)Nc1ccccc1CCCCCNc1nc2c(s1)CCSc1ccccc1-2. The molecule has 1 aliphatic heterocycles. The molecular weight excluding hydrogens is 446 g/mol. The van der Waals surface area contributed by atoms with Crippen LogP contribution in [0.15, 0.2) is 53.4 Å². The number of thioether (sulfide) groups is 1. The number of sulfonamides is 1. The number of fused-ring (bicyclic) bond motifs is 3. The topological polar surface area (TPSA) is 71.1 Å². The molecule has 0 aliphatic carbocycles. The molecule has 0 radical (unpaired) electrons. The van der Waals surface area contributed by atoms with Crippen molar-refractivity contribution < 1.29 is 8.42 Å². The van der Waals surface area contributed by atoms with Gasteiger partial charge in [0.2, 0.25) is 10.0 Å². The minimum absolute atomic E-state index is 0.686. The summed E-state index contributed by atoms with van der Waals surface area (Å²) in [7, 11) is -3.26. The van der Waals surface area contributed by atoms with E-state index < -0.39 is 10.0 Å². The Bertz CT molecular complexity index is 1140. The standard InChI is InChI=1S/C23H27N3O2S3/c1-31(27,28)26-19-12-6-4-10-17(19)9-3-2-8-15-24-23-25-22-18-11-5-7-13-20(18)29-16-14-21(22)30-23/h4-7,10-13,26H,2-3,8-9,14-16H2,1H3,(H,24,25). The maximum absolute atomic E-state index is 11.5. The van der Waals surface area contributed by atoms with E-state index in [1.807, 2.05) is 36.0 Å². The highest BCUT2D eigenvalue weighted by atomic mass is 32.2. The lowest BCUT2D eigenvalue weighted by molar-refractivity contribution is 0.606. The molecule has 1 aromatic heterocycles. The van der Waals surface area contributed by atoms with Crippen molar-refractivity contribution in [3.63, 3.8) is 0 Å². The van der Waals surface area contributed by atoms with Gasteiger partial charge in [-0.3, -0.25) is 4.72 Å². The Hall–Kier alpha value is -2.03. The third-order valence-corrected chi connectivity index (χ3v) is 7.88. The van der Waals surface area contributed by atoms with Gasteiger partial charge in [0.15, 0.2) is 5.13 Å². The number of unbranched alkanes of at least 4 members (excludes halogenated alkanes) is 2. The lowest BCUT2D eigenvalue weighted by Crippen LogP contribution is -2.11. The predicted molar refractivity (Wildman–Crippen MR) is 133 cm³/mol. The van der Waals surface area contributed by atoms with Crippen LogP contribution >= 0.6 is 23.1 Å². The Morgan fingerprint density at radius 3 is 2.71 bits per heavy atom. The first-order valence-electron chi connectivity index (χ1n) is 10.5. The highest BCUT2D eigenvalue weighted by molar-refractivity contribution is 7.99.